The summed E-state index contributed by atoms with van der Waals surface area (Å²) in [6.45, 7) is 3.23. The third-order valence-electron chi connectivity index (χ3n) is 4.57. The summed E-state index contributed by atoms with van der Waals surface area (Å²) >= 11 is 0. The zero-order chi connectivity index (χ0) is 17.8. The zero-order valence-corrected chi connectivity index (χ0v) is 15.1. The van der Waals surface area contributed by atoms with E-state index in [1.165, 1.54) is 0 Å². The van der Waals surface area contributed by atoms with Crippen molar-refractivity contribution < 1.29 is 9.53 Å². The van der Waals surface area contributed by atoms with E-state index < -0.39 is 0 Å². The quantitative estimate of drug-likeness (QED) is 0.877. The number of rotatable bonds is 5. The number of para-hydroxylation sites is 1. The van der Waals surface area contributed by atoms with Crippen molar-refractivity contribution in [2.75, 3.05) is 25.6 Å². The topological polar surface area (TPSA) is 66.5 Å². The first-order chi connectivity index (χ1) is 12.0. The van der Waals surface area contributed by atoms with Crippen LogP contribution in [0, 0.1) is 0 Å². The Hall–Kier alpha value is -2.34. The molecule has 3 rings (SSSR count). The molecule has 2 N–H and O–H groups in total. The number of ether oxygens (including phenoxy) is 1. The molecule has 2 atom stereocenters. The van der Waals surface area contributed by atoms with Gasteiger partial charge >= 0.3 is 6.03 Å². The molecule has 1 saturated heterocycles. The van der Waals surface area contributed by atoms with Crippen LogP contribution in [0.5, 0.6) is 0 Å². The molecule has 0 spiro atoms. The summed E-state index contributed by atoms with van der Waals surface area (Å²) in [5.41, 5.74) is 1.98. The van der Waals surface area contributed by atoms with Gasteiger partial charge in [-0.25, -0.2) is 9.78 Å². The highest BCUT2D eigenvalue weighted by Gasteiger charge is 2.23. The third-order valence-corrected chi connectivity index (χ3v) is 4.57. The van der Waals surface area contributed by atoms with E-state index in [4.69, 9.17) is 4.74 Å². The highest BCUT2D eigenvalue weighted by Crippen LogP contribution is 2.22. The maximum absolute atomic E-state index is 12.2. The van der Waals surface area contributed by atoms with Gasteiger partial charge in [0.05, 0.1) is 17.7 Å². The van der Waals surface area contributed by atoms with Gasteiger partial charge in [-0.2, -0.15) is 0 Å². The van der Waals surface area contributed by atoms with Gasteiger partial charge in [0.2, 0.25) is 0 Å². The maximum atomic E-state index is 12.2. The Kier molecular flexibility index (Phi) is 5.38. The number of carbonyl (C=O) groups is 1. The van der Waals surface area contributed by atoms with Gasteiger partial charge in [0.15, 0.2) is 0 Å². The fourth-order valence-corrected chi connectivity index (χ4v) is 3.13. The Morgan fingerprint density at radius 1 is 1.40 bits per heavy atom. The number of nitrogens with one attached hydrogen (secondary N) is 2. The largest absolute Gasteiger partial charge is 0.376 e. The number of nitrogens with zero attached hydrogens (tertiary/aromatic N) is 2. The average Bonchev–Trinajstić information content (AvgIpc) is 3.14. The lowest BCUT2D eigenvalue weighted by atomic mass is 10.1. The minimum atomic E-state index is -0.171. The molecule has 134 valence electrons. The lowest BCUT2D eigenvalue weighted by molar-refractivity contribution is 0.0860. The molecule has 6 nitrogen and oxygen atoms in total. The van der Waals surface area contributed by atoms with E-state index in [9.17, 15) is 4.79 Å². The minimum Gasteiger partial charge on any atom is -0.376 e. The number of hydrogen-bond acceptors (Lipinski definition) is 4. The van der Waals surface area contributed by atoms with Gasteiger partial charge < -0.3 is 20.3 Å². The average molecular weight is 342 g/mol. The van der Waals surface area contributed by atoms with E-state index in [0.29, 0.717) is 6.54 Å². The summed E-state index contributed by atoms with van der Waals surface area (Å²) in [5.74, 6) is 0.878. The summed E-state index contributed by atoms with van der Waals surface area (Å²) in [6, 6.07) is 9.84. The molecular formula is C19H26N4O2. The van der Waals surface area contributed by atoms with Crippen LogP contribution < -0.4 is 15.5 Å². The molecule has 0 bridgehead atoms. The van der Waals surface area contributed by atoms with E-state index in [0.717, 1.165) is 41.7 Å². The van der Waals surface area contributed by atoms with Gasteiger partial charge in [0, 0.05) is 32.6 Å². The number of pyridine rings is 1. The second-order valence-electron chi connectivity index (χ2n) is 6.72. The van der Waals surface area contributed by atoms with E-state index >= 15 is 0 Å². The second-order valence-corrected chi connectivity index (χ2v) is 6.72. The summed E-state index contributed by atoms with van der Waals surface area (Å²) in [6.07, 6.45) is 2.19. The molecule has 1 aromatic heterocycles. The molecule has 6 heteroatoms. The standard InChI is InChI=1S/C19H26N4O2/c1-13(17-9-6-10-25-17)21-19(24)20-12-14-11-18(23(2)3)22-16-8-5-4-7-15(14)16/h4-5,7-8,11,13,17H,6,9-10,12H2,1-3H3,(H2,20,21,24)/t13-,17-/m1/s1. The molecule has 0 radical (unpaired) electrons. The van der Waals surface area contributed by atoms with Gasteiger partial charge in [-0.3, -0.25) is 0 Å². The molecule has 1 aliphatic rings. The van der Waals surface area contributed by atoms with Crippen molar-refractivity contribution in [2.45, 2.75) is 38.5 Å². The number of urea groups is 1. The fourth-order valence-electron chi connectivity index (χ4n) is 3.13. The molecule has 0 saturated carbocycles. The zero-order valence-electron chi connectivity index (χ0n) is 15.1. The summed E-state index contributed by atoms with van der Waals surface area (Å²) < 4.78 is 5.62. The number of hydrogen-bond donors (Lipinski definition) is 2. The van der Waals surface area contributed by atoms with Crippen molar-refractivity contribution in [3.63, 3.8) is 0 Å². The number of anilines is 1. The smallest absolute Gasteiger partial charge is 0.315 e. The van der Waals surface area contributed by atoms with Crippen molar-refractivity contribution >= 4 is 22.8 Å². The molecule has 2 heterocycles. The predicted molar refractivity (Wildman–Crippen MR) is 99.9 cm³/mol. The van der Waals surface area contributed by atoms with Gasteiger partial charge in [-0.05, 0) is 37.5 Å². The normalized spacial score (nSPS) is 18.1. The van der Waals surface area contributed by atoms with Crippen LogP contribution >= 0.6 is 0 Å². The van der Waals surface area contributed by atoms with Gasteiger partial charge in [0.25, 0.3) is 0 Å². The van der Waals surface area contributed by atoms with Crippen molar-refractivity contribution in [3.05, 3.63) is 35.9 Å². The Morgan fingerprint density at radius 2 is 2.20 bits per heavy atom. The van der Waals surface area contributed by atoms with Crippen LogP contribution in [0.2, 0.25) is 0 Å². The van der Waals surface area contributed by atoms with Gasteiger partial charge in [-0.1, -0.05) is 18.2 Å². The number of amides is 2. The summed E-state index contributed by atoms with van der Waals surface area (Å²) in [5, 5.41) is 6.99. The molecule has 25 heavy (non-hydrogen) atoms. The van der Waals surface area contributed by atoms with Crippen LogP contribution in [0.1, 0.15) is 25.3 Å². The van der Waals surface area contributed by atoms with Crippen LogP contribution in [0.25, 0.3) is 10.9 Å². The van der Waals surface area contributed by atoms with Crippen LogP contribution in [-0.2, 0) is 11.3 Å². The van der Waals surface area contributed by atoms with Gasteiger partial charge in [0.1, 0.15) is 5.82 Å². The van der Waals surface area contributed by atoms with Crippen LogP contribution in [0.4, 0.5) is 10.6 Å². The fraction of sp³-hybridized carbons (Fsp3) is 0.474. The number of benzene rings is 1. The predicted octanol–water partition coefficient (Wildman–Crippen LogP) is 2.67. The first-order valence-electron chi connectivity index (χ1n) is 8.76. The first kappa shape index (κ1) is 17.5. The molecule has 1 aromatic carbocycles. The summed E-state index contributed by atoms with van der Waals surface area (Å²) in [7, 11) is 3.93. The number of carbonyl (C=O) groups excluding carboxylic acids is 1. The highest BCUT2D eigenvalue weighted by molar-refractivity contribution is 5.84. The molecule has 0 aliphatic carbocycles. The number of aromatic nitrogens is 1. The third kappa shape index (κ3) is 4.20. The van der Waals surface area contributed by atoms with E-state index in [1.807, 2.05) is 56.3 Å². The lowest BCUT2D eigenvalue weighted by Crippen LogP contribution is -2.45. The van der Waals surface area contributed by atoms with Crippen molar-refractivity contribution in [1.82, 2.24) is 15.6 Å². The number of fused-ring (bicyclic) bond motifs is 1. The Labute approximate surface area is 148 Å². The SMILES string of the molecule is C[C@@H](NC(=O)NCc1cc(N(C)C)nc2ccccc12)[C@H]1CCCO1. The monoisotopic (exact) mass is 342 g/mol. The van der Waals surface area contributed by atoms with Crippen molar-refractivity contribution in [2.24, 2.45) is 0 Å². The maximum Gasteiger partial charge on any atom is 0.315 e. The second kappa shape index (κ2) is 7.70. The van der Waals surface area contributed by atoms with Gasteiger partial charge in [-0.15, -0.1) is 0 Å². The van der Waals surface area contributed by atoms with E-state index in [1.54, 1.807) is 0 Å². The molecule has 1 fully saturated rings. The highest BCUT2D eigenvalue weighted by atomic mass is 16.5. The van der Waals surface area contributed by atoms with Crippen molar-refractivity contribution in [3.8, 4) is 0 Å². The summed E-state index contributed by atoms with van der Waals surface area (Å²) in [4.78, 5) is 18.8. The van der Waals surface area contributed by atoms with Crippen LogP contribution in [0.3, 0.4) is 0 Å². The Morgan fingerprint density at radius 3 is 2.92 bits per heavy atom. The molecule has 0 unspecified atom stereocenters. The molecular weight excluding hydrogens is 316 g/mol. The van der Waals surface area contributed by atoms with Crippen LogP contribution in [0.15, 0.2) is 30.3 Å². The molecule has 2 amide bonds. The molecule has 2 aromatic rings. The van der Waals surface area contributed by atoms with Crippen molar-refractivity contribution in [1.29, 1.82) is 0 Å². The Balaban J connectivity index is 1.68. The first-order valence-corrected chi connectivity index (χ1v) is 8.76. The van der Waals surface area contributed by atoms with Crippen LogP contribution in [-0.4, -0.2) is 43.9 Å². The minimum absolute atomic E-state index is 0.00835. The molecule has 1 aliphatic heterocycles. The van der Waals surface area contributed by atoms with E-state index in [-0.39, 0.29) is 18.2 Å². The lowest BCUT2D eigenvalue weighted by Gasteiger charge is -2.20. The Bertz CT molecular complexity index is 741. The van der Waals surface area contributed by atoms with E-state index in [2.05, 4.69) is 15.6 Å².